The maximum absolute atomic E-state index is 12.5. The summed E-state index contributed by atoms with van der Waals surface area (Å²) in [5.41, 5.74) is 0. The number of halogens is 2. The molecule has 0 spiro atoms. The minimum absolute atomic E-state index is 0.0180. The Balaban J connectivity index is 2.36. The van der Waals surface area contributed by atoms with Gasteiger partial charge >= 0.3 is 0 Å². The van der Waals surface area contributed by atoms with Gasteiger partial charge in [-0.15, -0.1) is 0 Å². The van der Waals surface area contributed by atoms with Crippen LogP contribution in [-0.2, 0) is 4.74 Å². The van der Waals surface area contributed by atoms with Crippen LogP contribution >= 0.6 is 0 Å². The van der Waals surface area contributed by atoms with Gasteiger partial charge in [0.2, 0.25) is 0 Å². The molecule has 11 heavy (non-hydrogen) atoms. The molecule has 0 aromatic heterocycles. The lowest BCUT2D eigenvalue weighted by atomic mass is 9.98. The molecule has 0 amide bonds. The lowest BCUT2D eigenvalue weighted by molar-refractivity contribution is -0.153. The van der Waals surface area contributed by atoms with Crippen LogP contribution in [0.4, 0.5) is 8.78 Å². The Kier molecular flexibility index (Phi) is 2.47. The quantitative estimate of drug-likeness (QED) is 0.578. The third-order valence-electron chi connectivity index (χ3n) is 2.05. The van der Waals surface area contributed by atoms with Crippen LogP contribution in [0.3, 0.4) is 0 Å². The minimum Gasteiger partial charge on any atom is -0.372 e. The van der Waals surface area contributed by atoms with Gasteiger partial charge in [-0.1, -0.05) is 13.8 Å². The third-order valence-corrected chi connectivity index (χ3v) is 2.05. The van der Waals surface area contributed by atoms with Gasteiger partial charge in [0.05, 0.1) is 6.10 Å². The molecule has 0 aromatic carbocycles. The molecule has 1 heterocycles. The number of hydrogen-bond donors (Lipinski definition) is 0. The van der Waals surface area contributed by atoms with E-state index in [4.69, 9.17) is 4.74 Å². The SMILES string of the molecule is CC(C)[C@@H]1CCC(F)(F)CO1. The highest BCUT2D eigenvalue weighted by Gasteiger charge is 2.36. The Morgan fingerprint density at radius 3 is 2.45 bits per heavy atom. The molecule has 3 heteroatoms. The number of alkyl halides is 2. The van der Waals surface area contributed by atoms with E-state index in [1.54, 1.807) is 0 Å². The van der Waals surface area contributed by atoms with Gasteiger partial charge in [0.25, 0.3) is 5.92 Å². The van der Waals surface area contributed by atoms with Gasteiger partial charge in [0.1, 0.15) is 6.61 Å². The van der Waals surface area contributed by atoms with Gasteiger partial charge in [-0.2, -0.15) is 0 Å². The fourth-order valence-electron chi connectivity index (χ4n) is 1.26. The standard InChI is InChI=1S/C8H14F2O/c1-6(2)7-3-4-8(9,10)5-11-7/h6-7H,3-5H2,1-2H3/t7-/m0/s1. The predicted octanol–water partition coefficient (Wildman–Crippen LogP) is 2.46. The molecule has 1 nitrogen and oxygen atoms in total. The second-order valence-electron chi connectivity index (χ2n) is 3.49. The second kappa shape index (κ2) is 3.05. The van der Waals surface area contributed by atoms with Gasteiger partial charge in [0, 0.05) is 6.42 Å². The zero-order valence-corrected chi connectivity index (χ0v) is 6.94. The first-order chi connectivity index (χ1) is 5.01. The molecule has 1 saturated heterocycles. The Labute approximate surface area is 65.7 Å². The molecule has 1 aliphatic heterocycles. The smallest absolute Gasteiger partial charge is 0.271 e. The average Bonchev–Trinajstić information content (AvgIpc) is 1.86. The van der Waals surface area contributed by atoms with E-state index < -0.39 is 12.5 Å². The molecular formula is C8H14F2O. The first kappa shape index (κ1) is 8.91. The van der Waals surface area contributed by atoms with Crippen molar-refractivity contribution in [1.29, 1.82) is 0 Å². The summed E-state index contributed by atoms with van der Waals surface area (Å²) in [6, 6.07) is 0. The number of rotatable bonds is 1. The van der Waals surface area contributed by atoms with E-state index in [0.29, 0.717) is 12.3 Å². The van der Waals surface area contributed by atoms with E-state index in [-0.39, 0.29) is 12.5 Å². The van der Waals surface area contributed by atoms with Gasteiger partial charge < -0.3 is 4.74 Å². The van der Waals surface area contributed by atoms with E-state index in [2.05, 4.69) is 0 Å². The van der Waals surface area contributed by atoms with Crippen molar-refractivity contribution in [2.45, 2.75) is 38.7 Å². The third kappa shape index (κ3) is 2.40. The molecule has 0 aliphatic carbocycles. The van der Waals surface area contributed by atoms with Crippen LogP contribution in [-0.4, -0.2) is 18.6 Å². The van der Waals surface area contributed by atoms with Crippen molar-refractivity contribution in [3.63, 3.8) is 0 Å². The first-order valence-electron chi connectivity index (χ1n) is 4.01. The van der Waals surface area contributed by atoms with Crippen molar-refractivity contribution >= 4 is 0 Å². The molecule has 1 atom stereocenters. The van der Waals surface area contributed by atoms with Gasteiger partial charge in [-0.05, 0) is 12.3 Å². The van der Waals surface area contributed by atoms with Crippen LogP contribution in [0, 0.1) is 5.92 Å². The van der Waals surface area contributed by atoms with Crippen LogP contribution < -0.4 is 0 Å². The molecule has 0 saturated carbocycles. The molecule has 0 bridgehead atoms. The summed E-state index contributed by atoms with van der Waals surface area (Å²) in [5.74, 6) is -2.23. The Bertz CT molecular complexity index is 124. The van der Waals surface area contributed by atoms with Crippen LogP contribution in [0.2, 0.25) is 0 Å². The highest BCUT2D eigenvalue weighted by Crippen LogP contribution is 2.30. The lowest BCUT2D eigenvalue weighted by Crippen LogP contribution is -2.36. The zero-order chi connectivity index (χ0) is 8.48. The summed E-state index contributed by atoms with van der Waals surface area (Å²) < 4.78 is 30.0. The summed E-state index contributed by atoms with van der Waals surface area (Å²) in [6.07, 6.45) is 0.509. The molecule has 0 N–H and O–H groups in total. The van der Waals surface area contributed by atoms with Crippen molar-refractivity contribution in [1.82, 2.24) is 0 Å². The molecule has 66 valence electrons. The fraction of sp³-hybridized carbons (Fsp3) is 1.00. The summed E-state index contributed by atoms with van der Waals surface area (Å²) in [6.45, 7) is 3.60. The second-order valence-corrected chi connectivity index (χ2v) is 3.49. The highest BCUT2D eigenvalue weighted by molar-refractivity contribution is 4.76. The molecular weight excluding hydrogens is 150 g/mol. The van der Waals surface area contributed by atoms with E-state index in [0.717, 1.165) is 0 Å². The van der Waals surface area contributed by atoms with Gasteiger partial charge in [-0.3, -0.25) is 0 Å². The van der Waals surface area contributed by atoms with E-state index >= 15 is 0 Å². The van der Waals surface area contributed by atoms with Gasteiger partial charge in [0.15, 0.2) is 0 Å². The van der Waals surface area contributed by atoms with Gasteiger partial charge in [-0.25, -0.2) is 8.78 Å². The Morgan fingerprint density at radius 1 is 1.45 bits per heavy atom. The maximum atomic E-state index is 12.5. The summed E-state index contributed by atoms with van der Waals surface area (Å²) in [7, 11) is 0. The number of ether oxygens (including phenoxy) is 1. The maximum Gasteiger partial charge on any atom is 0.271 e. The summed E-state index contributed by atoms with van der Waals surface area (Å²) >= 11 is 0. The van der Waals surface area contributed by atoms with E-state index in [1.165, 1.54) is 0 Å². The molecule has 0 radical (unpaired) electrons. The summed E-state index contributed by atoms with van der Waals surface area (Å²) in [4.78, 5) is 0. The highest BCUT2D eigenvalue weighted by atomic mass is 19.3. The summed E-state index contributed by atoms with van der Waals surface area (Å²) in [5, 5.41) is 0. The van der Waals surface area contributed by atoms with Crippen molar-refractivity contribution in [3.05, 3.63) is 0 Å². The monoisotopic (exact) mass is 164 g/mol. The van der Waals surface area contributed by atoms with Crippen LogP contribution in [0.1, 0.15) is 26.7 Å². The normalized spacial score (nSPS) is 30.8. The molecule has 0 aromatic rings. The fourth-order valence-corrected chi connectivity index (χ4v) is 1.26. The number of hydrogen-bond acceptors (Lipinski definition) is 1. The van der Waals surface area contributed by atoms with Crippen LogP contribution in [0.5, 0.6) is 0 Å². The van der Waals surface area contributed by atoms with Crippen molar-refractivity contribution < 1.29 is 13.5 Å². The van der Waals surface area contributed by atoms with E-state index in [1.807, 2.05) is 13.8 Å². The predicted molar refractivity (Wildman–Crippen MR) is 38.8 cm³/mol. The van der Waals surface area contributed by atoms with Crippen molar-refractivity contribution in [2.75, 3.05) is 6.61 Å². The topological polar surface area (TPSA) is 9.23 Å². The average molecular weight is 164 g/mol. The van der Waals surface area contributed by atoms with E-state index in [9.17, 15) is 8.78 Å². The molecule has 0 unspecified atom stereocenters. The first-order valence-corrected chi connectivity index (χ1v) is 4.01. The van der Waals surface area contributed by atoms with Crippen molar-refractivity contribution in [2.24, 2.45) is 5.92 Å². The van der Waals surface area contributed by atoms with Crippen LogP contribution in [0.15, 0.2) is 0 Å². The zero-order valence-electron chi connectivity index (χ0n) is 6.94. The van der Waals surface area contributed by atoms with Crippen LogP contribution in [0.25, 0.3) is 0 Å². The minimum atomic E-state index is -2.58. The van der Waals surface area contributed by atoms with Crippen molar-refractivity contribution in [3.8, 4) is 0 Å². The Hall–Kier alpha value is -0.180. The molecule has 1 aliphatic rings. The largest absolute Gasteiger partial charge is 0.372 e. The Morgan fingerprint density at radius 2 is 2.09 bits per heavy atom. The molecule has 1 rings (SSSR count). The lowest BCUT2D eigenvalue weighted by Gasteiger charge is -2.30. The molecule has 1 fully saturated rings.